The van der Waals surface area contributed by atoms with E-state index in [-0.39, 0.29) is 5.89 Å². The maximum absolute atomic E-state index is 8.73. The van der Waals surface area contributed by atoms with Gasteiger partial charge in [-0.15, -0.1) is 0 Å². The second-order valence-electron chi connectivity index (χ2n) is 5.12. The topological polar surface area (TPSA) is 0 Å². The molecule has 0 N–H and O–H groups in total. The fraction of sp³-hybridized carbons (Fsp3) is 0.412. The SMILES string of the molecule is [2H]C1(C)CCC([2H])(c2ccc3ccccc3c2)CC1. The first-order valence-corrected chi connectivity index (χ1v) is 6.48. The zero-order chi connectivity index (χ0) is 13.5. The van der Waals surface area contributed by atoms with Crippen molar-refractivity contribution in [2.24, 2.45) is 5.89 Å². The van der Waals surface area contributed by atoms with Gasteiger partial charge in [0.15, 0.2) is 0 Å². The molecule has 0 saturated heterocycles. The molecule has 3 rings (SSSR count). The fourth-order valence-electron chi connectivity index (χ4n) is 2.68. The standard InChI is InChI=1S/C17H20/c1-13-6-8-15(9-7-13)17-11-10-14-4-2-3-5-16(14)12-17/h2-5,10-13,15H,6-9H2,1H3/i13D,15D. The second kappa shape index (κ2) is 4.52. The van der Waals surface area contributed by atoms with Gasteiger partial charge in [0.1, 0.15) is 0 Å². The lowest BCUT2D eigenvalue weighted by Gasteiger charge is -2.26. The molecule has 1 saturated carbocycles. The van der Waals surface area contributed by atoms with Gasteiger partial charge in [0.25, 0.3) is 0 Å². The van der Waals surface area contributed by atoms with E-state index in [1.807, 2.05) is 19.1 Å². The number of benzene rings is 2. The van der Waals surface area contributed by atoms with Gasteiger partial charge in [-0.3, -0.25) is 0 Å². The molecular weight excluding hydrogens is 204 g/mol. The van der Waals surface area contributed by atoms with Crippen LogP contribution in [0.1, 0.15) is 46.8 Å². The molecule has 2 aromatic carbocycles. The average Bonchev–Trinajstić information content (AvgIpc) is 2.42. The van der Waals surface area contributed by atoms with Gasteiger partial charge in [-0.1, -0.05) is 62.2 Å². The third-order valence-corrected chi connectivity index (χ3v) is 3.86. The molecule has 1 fully saturated rings. The molecule has 0 aromatic heterocycles. The largest absolute Gasteiger partial charge is 0.0625 e. The van der Waals surface area contributed by atoms with E-state index in [1.54, 1.807) is 0 Å². The molecule has 0 bridgehead atoms. The van der Waals surface area contributed by atoms with Crippen LogP contribution in [0.3, 0.4) is 0 Å². The molecule has 0 amide bonds. The molecule has 0 heteroatoms. The Balaban J connectivity index is 1.95. The van der Waals surface area contributed by atoms with E-state index in [0.717, 1.165) is 31.2 Å². The number of rotatable bonds is 1. The first-order chi connectivity index (χ1) is 8.99. The van der Waals surface area contributed by atoms with Crippen LogP contribution in [0.2, 0.25) is 0 Å². The highest BCUT2D eigenvalue weighted by molar-refractivity contribution is 5.83. The van der Waals surface area contributed by atoms with Gasteiger partial charge in [0, 0.05) is 2.74 Å². The van der Waals surface area contributed by atoms with E-state index in [4.69, 9.17) is 2.74 Å². The lowest BCUT2D eigenvalue weighted by atomic mass is 9.79. The van der Waals surface area contributed by atoms with E-state index in [9.17, 15) is 0 Å². The first kappa shape index (κ1) is 8.74. The van der Waals surface area contributed by atoms with Crippen LogP contribution >= 0.6 is 0 Å². The zero-order valence-electron chi connectivity index (χ0n) is 12.4. The molecule has 0 spiro atoms. The van der Waals surface area contributed by atoms with Crippen LogP contribution in [0.15, 0.2) is 42.5 Å². The molecule has 1 aliphatic carbocycles. The summed E-state index contributed by atoms with van der Waals surface area (Å²) in [5.41, 5.74) is 1.11. The molecule has 88 valence electrons. The molecule has 1 aliphatic rings. The fourth-order valence-corrected chi connectivity index (χ4v) is 2.68. The van der Waals surface area contributed by atoms with Gasteiger partial charge < -0.3 is 0 Å². The zero-order valence-corrected chi connectivity index (χ0v) is 10.4. The molecule has 0 unspecified atom stereocenters. The second-order valence-corrected chi connectivity index (χ2v) is 5.12. The summed E-state index contributed by atoms with van der Waals surface area (Å²) in [6.45, 7) is 1.99. The van der Waals surface area contributed by atoms with Gasteiger partial charge in [0.2, 0.25) is 0 Å². The molecule has 0 aliphatic heterocycles. The van der Waals surface area contributed by atoms with Crippen LogP contribution < -0.4 is 0 Å². The lowest BCUT2D eigenvalue weighted by molar-refractivity contribution is 0.348. The van der Waals surface area contributed by atoms with E-state index in [0.29, 0.717) is 0 Å². The highest BCUT2D eigenvalue weighted by Gasteiger charge is 2.19. The summed E-state index contributed by atoms with van der Waals surface area (Å²) in [7, 11) is 0. The maximum Gasteiger partial charge on any atom is 0.0352 e. The van der Waals surface area contributed by atoms with E-state index in [2.05, 4.69) is 30.3 Å². The summed E-state index contributed by atoms with van der Waals surface area (Å²) in [4.78, 5) is 0. The van der Waals surface area contributed by atoms with Crippen molar-refractivity contribution < 1.29 is 2.74 Å². The minimum absolute atomic E-state index is 0.332. The third-order valence-electron chi connectivity index (χ3n) is 3.86. The predicted molar refractivity (Wildman–Crippen MR) is 74.3 cm³/mol. The van der Waals surface area contributed by atoms with E-state index in [1.165, 1.54) is 10.8 Å². The molecule has 17 heavy (non-hydrogen) atoms. The molecule has 0 heterocycles. The third kappa shape index (κ3) is 2.22. The van der Waals surface area contributed by atoms with Crippen molar-refractivity contribution in [3.8, 4) is 0 Å². The summed E-state index contributed by atoms with van der Waals surface area (Å²) in [6.07, 6.45) is 3.24. The summed E-state index contributed by atoms with van der Waals surface area (Å²) in [5.74, 6) is -0.827. The van der Waals surface area contributed by atoms with Crippen LogP contribution in [0, 0.1) is 5.89 Å². The van der Waals surface area contributed by atoms with Crippen LogP contribution in [0.25, 0.3) is 10.8 Å². The van der Waals surface area contributed by atoms with Crippen molar-refractivity contribution >= 4 is 10.8 Å². The predicted octanol–water partition coefficient (Wildman–Crippen LogP) is 5.13. The maximum atomic E-state index is 8.73. The van der Waals surface area contributed by atoms with Gasteiger partial charge in [-0.05, 0) is 41.0 Å². The Morgan fingerprint density at radius 3 is 2.41 bits per heavy atom. The normalized spacial score (nSPS) is 35.4. The highest BCUT2D eigenvalue weighted by Crippen LogP contribution is 2.36. The van der Waals surface area contributed by atoms with E-state index < -0.39 is 5.89 Å². The smallest absolute Gasteiger partial charge is 0.0352 e. The van der Waals surface area contributed by atoms with Gasteiger partial charge in [0.05, 0.1) is 0 Å². The highest BCUT2D eigenvalue weighted by atomic mass is 14.2. The monoisotopic (exact) mass is 226 g/mol. The number of fused-ring (bicyclic) bond motifs is 1. The summed E-state index contributed by atoms with van der Waals surface area (Å²) in [5, 5.41) is 2.45. The van der Waals surface area contributed by atoms with Crippen molar-refractivity contribution in [1.29, 1.82) is 0 Å². The summed E-state index contributed by atoms with van der Waals surface area (Å²) in [6, 6.07) is 14.7. The van der Waals surface area contributed by atoms with E-state index >= 15 is 0 Å². The summed E-state index contributed by atoms with van der Waals surface area (Å²) >= 11 is 0. The first-order valence-electron chi connectivity index (χ1n) is 7.48. The van der Waals surface area contributed by atoms with Crippen molar-refractivity contribution in [3.05, 3.63) is 48.0 Å². The van der Waals surface area contributed by atoms with Crippen LogP contribution in [-0.2, 0) is 0 Å². The Kier molecular flexibility index (Phi) is 2.33. The van der Waals surface area contributed by atoms with Crippen LogP contribution in [-0.4, -0.2) is 0 Å². The minimum atomic E-state index is -0.495. The molecular formula is C17H20. The van der Waals surface area contributed by atoms with Crippen molar-refractivity contribution in [1.82, 2.24) is 0 Å². The van der Waals surface area contributed by atoms with Crippen molar-refractivity contribution in [2.75, 3.05) is 0 Å². The molecule has 0 atom stereocenters. The Bertz CT molecular complexity index is 591. The Morgan fingerprint density at radius 2 is 1.65 bits per heavy atom. The Morgan fingerprint density at radius 1 is 0.941 bits per heavy atom. The lowest BCUT2D eigenvalue weighted by Crippen LogP contribution is -2.10. The average molecular weight is 226 g/mol. The van der Waals surface area contributed by atoms with Crippen molar-refractivity contribution in [2.45, 2.75) is 38.5 Å². The number of hydrogen-bond donors (Lipinski definition) is 0. The molecule has 0 radical (unpaired) electrons. The van der Waals surface area contributed by atoms with Crippen LogP contribution in [0.4, 0.5) is 0 Å². The molecule has 2 aromatic rings. The van der Waals surface area contributed by atoms with Gasteiger partial charge >= 0.3 is 0 Å². The number of hydrogen-bond acceptors (Lipinski definition) is 0. The van der Waals surface area contributed by atoms with Gasteiger partial charge in [-0.2, -0.15) is 0 Å². The van der Waals surface area contributed by atoms with Crippen molar-refractivity contribution in [3.63, 3.8) is 0 Å². The quantitative estimate of drug-likeness (QED) is 0.632. The Labute approximate surface area is 106 Å². The van der Waals surface area contributed by atoms with Crippen LogP contribution in [0.5, 0.6) is 0 Å². The Hall–Kier alpha value is -1.30. The minimum Gasteiger partial charge on any atom is -0.0625 e. The van der Waals surface area contributed by atoms with Gasteiger partial charge in [-0.25, -0.2) is 0 Å². The summed E-state index contributed by atoms with van der Waals surface area (Å²) < 4.78 is 16.8. The molecule has 0 nitrogen and oxygen atoms in total.